The minimum atomic E-state index is -0.667. The molecule has 0 aromatic carbocycles. The summed E-state index contributed by atoms with van der Waals surface area (Å²) in [5.41, 5.74) is 1.20. The quantitative estimate of drug-likeness (QED) is 0.648. The van der Waals surface area contributed by atoms with Crippen molar-refractivity contribution in [3.63, 3.8) is 0 Å². The molecule has 0 spiro atoms. The Bertz CT molecular complexity index is 1100. The smallest absolute Gasteiger partial charge is 0.410 e. The number of carbonyl (C=O) groups is 2. The second-order valence-corrected chi connectivity index (χ2v) is 10.9. The second-order valence-electron chi connectivity index (χ2n) is 10.9. The minimum absolute atomic E-state index is 0.0812. The Hall–Kier alpha value is -3.21. The van der Waals surface area contributed by atoms with E-state index >= 15 is 0 Å². The van der Waals surface area contributed by atoms with Gasteiger partial charge in [0, 0.05) is 37.9 Å². The van der Waals surface area contributed by atoms with E-state index < -0.39 is 17.8 Å². The van der Waals surface area contributed by atoms with Crippen molar-refractivity contribution in [3.05, 3.63) is 24.3 Å². The highest BCUT2D eigenvalue weighted by molar-refractivity contribution is 5.82. The van der Waals surface area contributed by atoms with Gasteiger partial charge in [0.2, 0.25) is 5.95 Å². The lowest BCUT2D eigenvalue weighted by molar-refractivity contribution is -0.149. The van der Waals surface area contributed by atoms with Crippen LogP contribution in [-0.2, 0) is 14.3 Å². The maximum absolute atomic E-state index is 13.1. The zero-order chi connectivity index (χ0) is 26.7. The van der Waals surface area contributed by atoms with Crippen LogP contribution in [0.2, 0.25) is 0 Å². The van der Waals surface area contributed by atoms with Crippen molar-refractivity contribution in [1.29, 1.82) is 0 Å². The molecule has 2 aliphatic rings. The number of anilines is 1. The van der Waals surface area contributed by atoms with Gasteiger partial charge in [-0.15, -0.1) is 0 Å². The zero-order valence-corrected chi connectivity index (χ0v) is 22.7. The third-order valence-corrected chi connectivity index (χ3v) is 6.55. The number of imidazole rings is 1. The zero-order valence-electron chi connectivity index (χ0n) is 22.7. The van der Waals surface area contributed by atoms with Gasteiger partial charge in [0.1, 0.15) is 11.4 Å². The average Bonchev–Trinajstić information content (AvgIpc) is 3.25. The Kier molecular flexibility index (Phi) is 8.01. The molecule has 4 heterocycles. The molecular weight excluding hydrogens is 474 g/mol. The van der Waals surface area contributed by atoms with Gasteiger partial charge in [-0.2, -0.15) is 0 Å². The first-order chi connectivity index (χ1) is 17.5. The van der Waals surface area contributed by atoms with Crippen LogP contribution < -0.4 is 5.32 Å². The Balaban J connectivity index is 1.31. The van der Waals surface area contributed by atoms with E-state index in [9.17, 15) is 9.59 Å². The lowest BCUT2D eigenvalue weighted by atomic mass is 10.0. The number of hydrogen-bond donors (Lipinski definition) is 1. The van der Waals surface area contributed by atoms with Crippen LogP contribution in [0.5, 0.6) is 0 Å². The second kappa shape index (κ2) is 11.0. The maximum atomic E-state index is 13.1. The molecule has 2 fully saturated rings. The van der Waals surface area contributed by atoms with E-state index in [-0.39, 0.29) is 24.5 Å². The fourth-order valence-electron chi connectivity index (χ4n) is 4.79. The molecule has 11 nitrogen and oxygen atoms in total. The van der Waals surface area contributed by atoms with Crippen LogP contribution in [0, 0.1) is 6.92 Å². The molecule has 4 rings (SSSR count). The number of aromatic nitrogens is 4. The number of carbonyl (C=O) groups excluding carboxylic acids is 2. The molecule has 11 heteroatoms. The average molecular weight is 514 g/mol. The van der Waals surface area contributed by atoms with Crippen LogP contribution in [0.15, 0.2) is 18.5 Å². The number of nitrogens with one attached hydrogen (secondary N) is 1. The van der Waals surface area contributed by atoms with Gasteiger partial charge in [-0.25, -0.2) is 19.7 Å². The van der Waals surface area contributed by atoms with Crippen molar-refractivity contribution in [2.45, 2.75) is 78.2 Å². The SMILES string of the molecule is Cc1ncc(-c2ccnc(NC3CCN(C(=O)C4CN(C(=O)OC(C)(C)C)CCO4)CC3)n2)n1C(C)C. The van der Waals surface area contributed by atoms with Crippen LogP contribution in [0.3, 0.4) is 0 Å². The molecule has 2 saturated heterocycles. The van der Waals surface area contributed by atoms with E-state index in [0.29, 0.717) is 32.2 Å². The van der Waals surface area contributed by atoms with E-state index in [2.05, 4.69) is 33.7 Å². The molecule has 2 aromatic heterocycles. The first-order valence-electron chi connectivity index (χ1n) is 13.0. The minimum Gasteiger partial charge on any atom is -0.444 e. The van der Waals surface area contributed by atoms with Crippen LogP contribution in [0.4, 0.5) is 10.7 Å². The largest absolute Gasteiger partial charge is 0.444 e. The standard InChI is InChI=1S/C26H39N7O4/c1-17(2)33-18(3)28-15-21(33)20-7-10-27-24(30-20)29-19-8-11-31(12-9-19)23(34)22-16-32(13-14-36-22)25(35)37-26(4,5)6/h7,10,15,17,19,22H,8-9,11-14,16H2,1-6H3,(H,27,29,30). The monoisotopic (exact) mass is 513 g/mol. The van der Waals surface area contributed by atoms with Gasteiger partial charge in [0.25, 0.3) is 5.91 Å². The normalized spacial score (nSPS) is 19.3. The number of likely N-dealkylation sites (tertiary alicyclic amines) is 1. The van der Waals surface area contributed by atoms with Gasteiger partial charge in [-0.3, -0.25) is 4.79 Å². The summed E-state index contributed by atoms with van der Waals surface area (Å²) in [6.07, 6.45) is 4.07. The summed E-state index contributed by atoms with van der Waals surface area (Å²) in [4.78, 5) is 42.6. The summed E-state index contributed by atoms with van der Waals surface area (Å²) in [6.45, 7) is 13.9. The predicted molar refractivity (Wildman–Crippen MR) is 139 cm³/mol. The molecule has 1 unspecified atom stereocenters. The van der Waals surface area contributed by atoms with Crippen molar-refractivity contribution in [1.82, 2.24) is 29.3 Å². The fourth-order valence-corrected chi connectivity index (χ4v) is 4.79. The lowest BCUT2D eigenvalue weighted by Crippen LogP contribution is -2.55. The number of ether oxygens (including phenoxy) is 2. The Morgan fingerprint density at radius 1 is 1.14 bits per heavy atom. The molecular formula is C26H39N7O4. The van der Waals surface area contributed by atoms with Crippen LogP contribution in [0.25, 0.3) is 11.4 Å². The number of amides is 2. The number of nitrogens with zero attached hydrogens (tertiary/aromatic N) is 6. The summed E-state index contributed by atoms with van der Waals surface area (Å²) in [5.74, 6) is 1.44. The molecule has 202 valence electrons. The summed E-state index contributed by atoms with van der Waals surface area (Å²) >= 11 is 0. The van der Waals surface area contributed by atoms with Gasteiger partial charge in [-0.05, 0) is 60.5 Å². The van der Waals surface area contributed by atoms with E-state index in [0.717, 1.165) is 30.1 Å². The molecule has 2 aliphatic heterocycles. The third kappa shape index (κ3) is 6.57. The van der Waals surface area contributed by atoms with E-state index in [1.807, 2.05) is 44.9 Å². The Morgan fingerprint density at radius 2 is 1.86 bits per heavy atom. The number of piperidine rings is 1. The number of morpholine rings is 1. The molecule has 0 saturated carbocycles. The highest BCUT2D eigenvalue weighted by atomic mass is 16.6. The van der Waals surface area contributed by atoms with Crippen LogP contribution >= 0.6 is 0 Å². The first kappa shape index (κ1) is 26.8. The summed E-state index contributed by atoms with van der Waals surface area (Å²) < 4.78 is 13.3. The molecule has 0 aliphatic carbocycles. The lowest BCUT2D eigenvalue weighted by Gasteiger charge is -2.38. The highest BCUT2D eigenvalue weighted by Gasteiger charge is 2.35. The van der Waals surface area contributed by atoms with Gasteiger partial charge in [-0.1, -0.05) is 0 Å². The molecule has 2 amide bonds. The number of aryl methyl sites for hydroxylation is 1. The first-order valence-corrected chi connectivity index (χ1v) is 13.0. The number of hydrogen-bond acceptors (Lipinski definition) is 8. The van der Waals surface area contributed by atoms with Gasteiger partial charge in [0.05, 0.1) is 30.7 Å². The summed E-state index contributed by atoms with van der Waals surface area (Å²) in [6, 6.07) is 2.32. The van der Waals surface area contributed by atoms with Crippen molar-refractivity contribution in [3.8, 4) is 11.4 Å². The van der Waals surface area contributed by atoms with Crippen molar-refractivity contribution in [2.24, 2.45) is 0 Å². The van der Waals surface area contributed by atoms with Crippen molar-refractivity contribution >= 4 is 17.9 Å². The van der Waals surface area contributed by atoms with E-state index in [1.54, 1.807) is 11.1 Å². The van der Waals surface area contributed by atoms with Gasteiger partial charge < -0.3 is 29.2 Å². The maximum Gasteiger partial charge on any atom is 0.410 e. The van der Waals surface area contributed by atoms with Crippen LogP contribution in [0.1, 0.15) is 59.3 Å². The van der Waals surface area contributed by atoms with E-state index in [4.69, 9.17) is 14.5 Å². The molecule has 1 atom stereocenters. The molecule has 2 aromatic rings. The Morgan fingerprint density at radius 3 is 2.54 bits per heavy atom. The highest BCUT2D eigenvalue weighted by Crippen LogP contribution is 2.24. The molecule has 1 N–H and O–H groups in total. The van der Waals surface area contributed by atoms with E-state index in [1.165, 1.54) is 0 Å². The van der Waals surface area contributed by atoms with Crippen LogP contribution in [-0.4, -0.2) is 91.9 Å². The third-order valence-electron chi connectivity index (χ3n) is 6.55. The Labute approximate surface area is 218 Å². The summed E-state index contributed by atoms with van der Waals surface area (Å²) in [5, 5.41) is 3.44. The van der Waals surface area contributed by atoms with Gasteiger partial charge >= 0.3 is 6.09 Å². The van der Waals surface area contributed by atoms with Crippen molar-refractivity contribution < 1.29 is 19.1 Å². The summed E-state index contributed by atoms with van der Waals surface area (Å²) in [7, 11) is 0. The fraction of sp³-hybridized carbons (Fsp3) is 0.654. The molecule has 37 heavy (non-hydrogen) atoms. The molecule has 0 radical (unpaired) electrons. The topological polar surface area (TPSA) is 115 Å². The van der Waals surface area contributed by atoms with Gasteiger partial charge in [0.15, 0.2) is 6.10 Å². The number of rotatable bonds is 5. The predicted octanol–water partition coefficient (Wildman–Crippen LogP) is 3.27. The van der Waals surface area contributed by atoms with Crippen molar-refractivity contribution in [2.75, 3.05) is 38.1 Å². The molecule has 0 bridgehead atoms.